The zero-order chi connectivity index (χ0) is 7.82. The summed E-state index contributed by atoms with van der Waals surface area (Å²) in [5, 5.41) is 3.06. The maximum atomic E-state index is 10.0. The maximum absolute atomic E-state index is 10.0. The van der Waals surface area contributed by atoms with Crippen LogP contribution in [0.1, 0.15) is 13.3 Å². The smallest absolute Gasteiger partial charge is 0.404 e. The van der Waals surface area contributed by atoms with E-state index >= 15 is 0 Å². The van der Waals surface area contributed by atoms with Crippen LogP contribution in [-0.2, 0) is 4.74 Å². The molecule has 0 bridgehead atoms. The second-order valence-corrected chi connectivity index (χ2v) is 1.92. The van der Waals surface area contributed by atoms with Crippen molar-refractivity contribution in [1.29, 1.82) is 0 Å². The molecule has 0 rings (SSSR count). The maximum Gasteiger partial charge on any atom is 0.404 e. The van der Waals surface area contributed by atoms with E-state index in [2.05, 4.69) is 17.0 Å². The normalized spacial score (nSPS) is 9.30. The van der Waals surface area contributed by atoms with Gasteiger partial charge in [0.1, 0.15) is 6.61 Å². The minimum Gasteiger partial charge on any atom is -0.448 e. The molecule has 0 spiro atoms. The van der Waals surface area contributed by atoms with Crippen LogP contribution in [0, 0.1) is 0 Å². The Morgan fingerprint density at radius 2 is 2.30 bits per heavy atom. The van der Waals surface area contributed by atoms with E-state index in [9.17, 15) is 4.79 Å². The van der Waals surface area contributed by atoms with Crippen molar-refractivity contribution in [3.8, 4) is 0 Å². The van der Waals surface area contributed by atoms with Gasteiger partial charge >= 0.3 is 6.09 Å². The van der Waals surface area contributed by atoms with E-state index in [1.165, 1.54) is 0 Å². The monoisotopic (exact) mass is 146 g/mol. The Bertz CT molecular complexity index is 95.7. The molecule has 0 fully saturated rings. The average Bonchev–Trinajstić information content (AvgIpc) is 1.87. The predicted molar refractivity (Wildman–Crippen MR) is 38.7 cm³/mol. The van der Waals surface area contributed by atoms with Crippen LogP contribution in [0.2, 0.25) is 0 Å². The molecule has 0 aliphatic rings. The molecule has 1 amide bonds. The van der Waals surface area contributed by atoms with Gasteiger partial charge in [0.05, 0.1) is 0 Å². The highest BCUT2D eigenvalue weighted by atomic mass is 16.5. The highest BCUT2D eigenvalue weighted by Crippen LogP contribution is 1.72. The molecule has 0 atom stereocenters. The molecule has 0 saturated carbocycles. The van der Waals surface area contributed by atoms with Crippen molar-refractivity contribution in [2.45, 2.75) is 13.3 Å². The van der Waals surface area contributed by atoms with Crippen molar-refractivity contribution in [1.82, 2.24) is 5.32 Å². The van der Waals surface area contributed by atoms with Gasteiger partial charge in [0.25, 0.3) is 0 Å². The highest BCUT2D eigenvalue weighted by Gasteiger charge is 1.90. The Kier molecular flexibility index (Phi) is 5.86. The average molecular weight is 146 g/mol. The molecule has 0 aliphatic carbocycles. The van der Waals surface area contributed by atoms with Crippen LogP contribution in [-0.4, -0.2) is 25.8 Å². The van der Waals surface area contributed by atoms with E-state index in [4.69, 9.17) is 5.73 Å². The van der Waals surface area contributed by atoms with Crippen LogP contribution in [0.5, 0.6) is 0 Å². The summed E-state index contributed by atoms with van der Waals surface area (Å²) in [5.41, 5.74) is 4.72. The molecule has 0 aromatic heterocycles. The number of amides is 1. The SMILES string of the molecule is CCCNCCOC(N)=O. The second kappa shape index (κ2) is 6.35. The number of nitrogens with one attached hydrogen (secondary N) is 1. The molecule has 0 aliphatic heterocycles. The summed E-state index contributed by atoms with van der Waals surface area (Å²) >= 11 is 0. The van der Waals surface area contributed by atoms with E-state index in [0.29, 0.717) is 13.2 Å². The van der Waals surface area contributed by atoms with E-state index < -0.39 is 6.09 Å². The van der Waals surface area contributed by atoms with Crippen molar-refractivity contribution in [3.63, 3.8) is 0 Å². The third kappa shape index (κ3) is 7.23. The standard InChI is InChI=1S/C6H14N2O2/c1-2-3-8-4-5-10-6(7)9/h8H,2-5H2,1H3,(H2,7,9). The molecule has 0 heterocycles. The number of ether oxygens (including phenoxy) is 1. The summed E-state index contributed by atoms with van der Waals surface area (Å²) in [7, 11) is 0. The Hall–Kier alpha value is -0.770. The largest absolute Gasteiger partial charge is 0.448 e. The van der Waals surface area contributed by atoms with E-state index in [1.807, 2.05) is 0 Å². The molecular weight excluding hydrogens is 132 g/mol. The number of rotatable bonds is 5. The fraction of sp³-hybridized carbons (Fsp3) is 0.833. The molecule has 0 aromatic rings. The third-order valence-corrected chi connectivity index (χ3v) is 0.950. The number of primary amides is 1. The third-order valence-electron chi connectivity index (χ3n) is 0.950. The van der Waals surface area contributed by atoms with Gasteiger partial charge in [-0.1, -0.05) is 6.92 Å². The van der Waals surface area contributed by atoms with Gasteiger partial charge in [-0.2, -0.15) is 0 Å². The molecule has 10 heavy (non-hydrogen) atoms. The first-order valence-corrected chi connectivity index (χ1v) is 3.40. The Balaban J connectivity index is 2.84. The van der Waals surface area contributed by atoms with Crippen LogP contribution in [0.25, 0.3) is 0 Å². The first kappa shape index (κ1) is 9.23. The molecule has 4 nitrogen and oxygen atoms in total. The first-order chi connectivity index (χ1) is 4.77. The molecule has 0 radical (unpaired) electrons. The quantitative estimate of drug-likeness (QED) is 0.540. The Morgan fingerprint density at radius 3 is 2.80 bits per heavy atom. The van der Waals surface area contributed by atoms with Crippen molar-refractivity contribution < 1.29 is 9.53 Å². The topological polar surface area (TPSA) is 64.3 Å². The van der Waals surface area contributed by atoms with Crippen LogP contribution in [0.4, 0.5) is 4.79 Å². The number of hydrogen-bond acceptors (Lipinski definition) is 3. The Labute approximate surface area is 60.7 Å². The van der Waals surface area contributed by atoms with Gasteiger partial charge in [-0.3, -0.25) is 0 Å². The fourth-order valence-corrected chi connectivity index (χ4v) is 0.526. The zero-order valence-electron chi connectivity index (χ0n) is 6.22. The molecule has 60 valence electrons. The lowest BCUT2D eigenvalue weighted by Crippen LogP contribution is -2.23. The van der Waals surface area contributed by atoms with Gasteiger partial charge < -0.3 is 15.8 Å². The van der Waals surface area contributed by atoms with Crippen molar-refractivity contribution in [2.75, 3.05) is 19.7 Å². The lowest BCUT2D eigenvalue weighted by Gasteiger charge is -2.01. The van der Waals surface area contributed by atoms with E-state index in [1.54, 1.807) is 0 Å². The lowest BCUT2D eigenvalue weighted by atomic mass is 10.5. The van der Waals surface area contributed by atoms with Gasteiger partial charge in [0.2, 0.25) is 0 Å². The van der Waals surface area contributed by atoms with Gasteiger partial charge in [-0.25, -0.2) is 4.79 Å². The lowest BCUT2D eigenvalue weighted by molar-refractivity contribution is 0.157. The molecule has 0 unspecified atom stereocenters. The predicted octanol–water partition coefficient (Wildman–Crippen LogP) is 0.0813. The minimum atomic E-state index is -0.710. The van der Waals surface area contributed by atoms with Crippen LogP contribution >= 0.6 is 0 Å². The second-order valence-electron chi connectivity index (χ2n) is 1.92. The summed E-state index contributed by atoms with van der Waals surface area (Å²) in [6.07, 6.45) is 0.370. The fourth-order valence-electron chi connectivity index (χ4n) is 0.526. The van der Waals surface area contributed by atoms with E-state index in [0.717, 1.165) is 13.0 Å². The molecule has 0 aromatic carbocycles. The number of carbonyl (C=O) groups excluding carboxylic acids is 1. The molecule has 4 heteroatoms. The van der Waals surface area contributed by atoms with Crippen molar-refractivity contribution >= 4 is 6.09 Å². The number of hydrogen-bond donors (Lipinski definition) is 2. The minimum absolute atomic E-state index is 0.356. The van der Waals surface area contributed by atoms with Crippen molar-refractivity contribution in [3.05, 3.63) is 0 Å². The molecule has 0 saturated heterocycles. The summed E-state index contributed by atoms with van der Waals surface area (Å²) in [4.78, 5) is 10.0. The summed E-state index contributed by atoms with van der Waals surface area (Å²) in [6.45, 7) is 4.05. The van der Waals surface area contributed by atoms with Gasteiger partial charge in [0.15, 0.2) is 0 Å². The number of carbonyl (C=O) groups is 1. The summed E-state index contributed by atoms with van der Waals surface area (Å²) in [5.74, 6) is 0. The molecule has 3 N–H and O–H groups in total. The van der Waals surface area contributed by atoms with Crippen molar-refractivity contribution in [2.24, 2.45) is 5.73 Å². The summed E-state index contributed by atoms with van der Waals surface area (Å²) < 4.78 is 4.46. The van der Waals surface area contributed by atoms with Crippen LogP contribution in [0.3, 0.4) is 0 Å². The van der Waals surface area contributed by atoms with Crippen LogP contribution < -0.4 is 11.1 Å². The summed E-state index contributed by atoms with van der Waals surface area (Å²) in [6, 6.07) is 0. The van der Waals surface area contributed by atoms with Crippen LogP contribution in [0.15, 0.2) is 0 Å². The van der Waals surface area contributed by atoms with E-state index in [-0.39, 0.29) is 0 Å². The highest BCUT2D eigenvalue weighted by molar-refractivity contribution is 5.64. The van der Waals surface area contributed by atoms with Gasteiger partial charge in [-0.05, 0) is 13.0 Å². The molecular formula is C6H14N2O2. The van der Waals surface area contributed by atoms with Gasteiger partial charge in [0, 0.05) is 6.54 Å². The van der Waals surface area contributed by atoms with Gasteiger partial charge in [-0.15, -0.1) is 0 Å². The first-order valence-electron chi connectivity index (χ1n) is 3.40. The zero-order valence-corrected chi connectivity index (χ0v) is 6.22. The number of nitrogens with two attached hydrogens (primary N) is 1. The Morgan fingerprint density at radius 1 is 1.60 bits per heavy atom.